The molecule has 0 atom stereocenters. The highest BCUT2D eigenvalue weighted by atomic mass is 16.3. The maximum absolute atomic E-state index is 10.9. The Kier molecular flexibility index (Phi) is 5.00. The molecule has 0 aliphatic heterocycles. The van der Waals surface area contributed by atoms with Gasteiger partial charge in [-0.3, -0.25) is 0 Å². The van der Waals surface area contributed by atoms with Crippen LogP contribution in [0.2, 0.25) is 0 Å². The van der Waals surface area contributed by atoms with Crippen molar-refractivity contribution in [2.45, 2.75) is 27.7 Å². The summed E-state index contributed by atoms with van der Waals surface area (Å²) in [5.41, 5.74) is 6.15. The maximum Gasteiger partial charge on any atom is 0.308 e. The summed E-state index contributed by atoms with van der Waals surface area (Å²) in [7, 11) is 1.91. The average molecular weight is 360 g/mol. The van der Waals surface area contributed by atoms with Gasteiger partial charge in [0, 0.05) is 12.0 Å². The van der Waals surface area contributed by atoms with Crippen molar-refractivity contribution in [3.05, 3.63) is 89.0 Å². The fraction of sp³-hybridized carbons (Fsp3) is 0.217. The quantitative estimate of drug-likeness (QED) is 0.421. The molecule has 0 saturated carbocycles. The fourth-order valence-corrected chi connectivity index (χ4v) is 3.46. The lowest BCUT2D eigenvalue weighted by molar-refractivity contribution is -0.681. The van der Waals surface area contributed by atoms with Crippen LogP contribution in [0.5, 0.6) is 0 Å². The zero-order valence-corrected chi connectivity index (χ0v) is 16.6. The molecule has 0 bridgehead atoms. The molecule has 2 aromatic carbocycles. The SMILES string of the molecule is C=C(/C=C(\O)c1n(-c2c(C)cc(C)cc2C)nc(C)[n+]1C)c1ccccc1. The lowest BCUT2D eigenvalue weighted by atomic mass is 10.0. The first-order valence-electron chi connectivity index (χ1n) is 8.99. The van der Waals surface area contributed by atoms with E-state index in [9.17, 15) is 5.11 Å². The molecule has 1 aromatic heterocycles. The third-order valence-electron chi connectivity index (χ3n) is 4.78. The Bertz CT molecular complexity index is 1020. The summed E-state index contributed by atoms with van der Waals surface area (Å²) in [6.45, 7) is 12.3. The number of aromatic nitrogens is 3. The molecule has 27 heavy (non-hydrogen) atoms. The lowest BCUT2D eigenvalue weighted by Gasteiger charge is -2.08. The van der Waals surface area contributed by atoms with Crippen LogP contribution < -0.4 is 4.57 Å². The molecule has 0 aliphatic rings. The number of allylic oxidation sites excluding steroid dienone is 2. The number of aliphatic hydroxyl groups is 1. The Morgan fingerprint density at radius 2 is 1.67 bits per heavy atom. The Morgan fingerprint density at radius 3 is 2.26 bits per heavy atom. The molecule has 0 unspecified atom stereocenters. The molecule has 0 spiro atoms. The van der Waals surface area contributed by atoms with Crippen molar-refractivity contribution in [1.29, 1.82) is 0 Å². The first kappa shape index (κ1) is 18.6. The highest BCUT2D eigenvalue weighted by molar-refractivity contribution is 5.78. The molecule has 4 heteroatoms. The van der Waals surface area contributed by atoms with Crippen LogP contribution in [-0.2, 0) is 7.05 Å². The molecule has 3 aromatic rings. The highest BCUT2D eigenvalue weighted by Gasteiger charge is 2.28. The molecular formula is C23H26N3O+. The number of hydrogen-bond donors (Lipinski definition) is 1. The van der Waals surface area contributed by atoms with E-state index >= 15 is 0 Å². The van der Waals surface area contributed by atoms with E-state index in [1.54, 1.807) is 6.08 Å². The molecule has 1 N–H and O–H groups in total. The summed E-state index contributed by atoms with van der Waals surface area (Å²) in [5, 5.41) is 15.6. The van der Waals surface area contributed by atoms with Crippen LogP contribution in [0.4, 0.5) is 0 Å². The topological polar surface area (TPSA) is 41.9 Å². The number of aryl methyl sites for hydroxylation is 4. The first-order valence-corrected chi connectivity index (χ1v) is 8.99. The minimum absolute atomic E-state index is 0.131. The molecular weight excluding hydrogens is 334 g/mol. The van der Waals surface area contributed by atoms with Crippen molar-refractivity contribution in [3.63, 3.8) is 0 Å². The summed E-state index contributed by atoms with van der Waals surface area (Å²) in [5.74, 6) is 1.57. The minimum atomic E-state index is 0.131. The Balaban J connectivity index is 2.15. The van der Waals surface area contributed by atoms with Gasteiger partial charge >= 0.3 is 5.82 Å². The number of nitrogens with zero attached hydrogens (tertiary/aromatic N) is 3. The van der Waals surface area contributed by atoms with Gasteiger partial charge in [0.05, 0.1) is 7.05 Å². The van der Waals surface area contributed by atoms with E-state index < -0.39 is 0 Å². The number of rotatable bonds is 4. The molecule has 0 fully saturated rings. The standard InChI is InChI=1S/C23H25N3O/c1-15-12-17(3)22(18(4)13-15)26-23(25(6)19(5)24-26)21(27)14-16(2)20-10-8-7-9-11-20/h7-14H,2H2,1,3-6H3/p+1/b21-14-. The predicted octanol–water partition coefficient (Wildman–Crippen LogP) is 4.54. The summed E-state index contributed by atoms with van der Waals surface area (Å²) < 4.78 is 3.71. The normalized spacial score (nSPS) is 11.7. The van der Waals surface area contributed by atoms with Gasteiger partial charge in [-0.2, -0.15) is 0 Å². The third kappa shape index (κ3) is 3.56. The van der Waals surface area contributed by atoms with Crippen LogP contribution in [0.15, 0.2) is 55.1 Å². The van der Waals surface area contributed by atoms with Gasteiger partial charge in [0.1, 0.15) is 5.69 Å². The maximum atomic E-state index is 10.9. The van der Waals surface area contributed by atoms with Gasteiger partial charge in [0.2, 0.25) is 0 Å². The summed E-state index contributed by atoms with van der Waals surface area (Å²) >= 11 is 0. The molecule has 1 heterocycles. The molecule has 0 aliphatic carbocycles. The van der Waals surface area contributed by atoms with Gasteiger partial charge < -0.3 is 5.11 Å². The van der Waals surface area contributed by atoms with Crippen molar-refractivity contribution < 1.29 is 9.67 Å². The second kappa shape index (κ2) is 7.23. The van der Waals surface area contributed by atoms with Crippen LogP contribution >= 0.6 is 0 Å². The van der Waals surface area contributed by atoms with Crippen LogP contribution in [0.1, 0.15) is 33.9 Å². The van der Waals surface area contributed by atoms with E-state index in [0.29, 0.717) is 5.82 Å². The number of benzene rings is 2. The van der Waals surface area contributed by atoms with Crippen LogP contribution in [0, 0.1) is 27.7 Å². The molecule has 0 amide bonds. The highest BCUT2D eigenvalue weighted by Crippen LogP contribution is 2.24. The van der Waals surface area contributed by atoms with Gasteiger partial charge in [-0.25, -0.2) is 4.57 Å². The van der Waals surface area contributed by atoms with Gasteiger partial charge in [0.15, 0.2) is 5.76 Å². The molecule has 4 nitrogen and oxygen atoms in total. The number of aliphatic hydroxyl groups excluding tert-OH is 1. The van der Waals surface area contributed by atoms with Crippen molar-refractivity contribution in [2.24, 2.45) is 7.05 Å². The van der Waals surface area contributed by atoms with Crippen LogP contribution in [-0.4, -0.2) is 14.9 Å². The monoisotopic (exact) mass is 360 g/mol. The minimum Gasteiger partial charge on any atom is -0.502 e. The molecule has 0 radical (unpaired) electrons. The van der Waals surface area contributed by atoms with Crippen LogP contribution in [0.25, 0.3) is 17.0 Å². The van der Waals surface area contributed by atoms with E-state index in [1.807, 2.05) is 53.6 Å². The number of hydrogen-bond acceptors (Lipinski definition) is 2. The van der Waals surface area contributed by atoms with Crippen LogP contribution in [0.3, 0.4) is 0 Å². The van der Waals surface area contributed by atoms with E-state index in [4.69, 9.17) is 0 Å². The smallest absolute Gasteiger partial charge is 0.308 e. The second-order valence-electron chi connectivity index (χ2n) is 7.01. The Hall–Kier alpha value is -3.14. The zero-order chi connectivity index (χ0) is 19.7. The van der Waals surface area contributed by atoms with E-state index in [0.717, 1.165) is 33.8 Å². The second-order valence-corrected chi connectivity index (χ2v) is 7.01. The summed E-state index contributed by atoms with van der Waals surface area (Å²) in [6, 6.07) is 14.1. The van der Waals surface area contributed by atoms with Gasteiger partial charge in [-0.1, -0.05) is 59.3 Å². The van der Waals surface area contributed by atoms with Crippen molar-refractivity contribution in [2.75, 3.05) is 0 Å². The average Bonchev–Trinajstić information content (AvgIpc) is 2.89. The Morgan fingerprint density at radius 1 is 1.07 bits per heavy atom. The van der Waals surface area contributed by atoms with Crippen molar-refractivity contribution in [3.8, 4) is 5.69 Å². The first-order chi connectivity index (χ1) is 12.8. The van der Waals surface area contributed by atoms with Gasteiger partial charge in [-0.05, 0) is 49.1 Å². The summed E-state index contributed by atoms with van der Waals surface area (Å²) in [6.07, 6.45) is 1.70. The van der Waals surface area contributed by atoms with Crippen molar-refractivity contribution >= 4 is 11.3 Å². The molecule has 138 valence electrons. The van der Waals surface area contributed by atoms with E-state index in [1.165, 1.54) is 5.56 Å². The van der Waals surface area contributed by atoms with Gasteiger partial charge in [0.25, 0.3) is 5.82 Å². The predicted molar refractivity (Wildman–Crippen MR) is 110 cm³/mol. The Labute approximate surface area is 160 Å². The zero-order valence-electron chi connectivity index (χ0n) is 16.6. The largest absolute Gasteiger partial charge is 0.502 e. The lowest BCUT2D eigenvalue weighted by Crippen LogP contribution is -2.34. The molecule has 0 saturated heterocycles. The van der Waals surface area contributed by atoms with Gasteiger partial charge in [-0.15, -0.1) is 0 Å². The van der Waals surface area contributed by atoms with E-state index in [2.05, 4.69) is 44.6 Å². The van der Waals surface area contributed by atoms with E-state index in [-0.39, 0.29) is 5.76 Å². The third-order valence-corrected chi connectivity index (χ3v) is 4.78. The fourth-order valence-electron chi connectivity index (χ4n) is 3.46. The van der Waals surface area contributed by atoms with Crippen molar-refractivity contribution in [1.82, 2.24) is 9.78 Å². The molecule has 3 rings (SSSR count). The summed E-state index contributed by atoms with van der Waals surface area (Å²) in [4.78, 5) is 0.